The second kappa shape index (κ2) is 14.0. The van der Waals surface area contributed by atoms with Crippen LogP contribution in [0.2, 0.25) is 0 Å². The highest BCUT2D eigenvalue weighted by molar-refractivity contribution is 5.69. The van der Waals surface area contributed by atoms with Crippen LogP contribution in [0.4, 0.5) is 0 Å². The molecule has 2 saturated heterocycles. The molecular formula is C26H34N2O16. The highest BCUT2D eigenvalue weighted by Crippen LogP contribution is 2.42. The molecule has 0 spiro atoms. The second-order valence-corrected chi connectivity index (χ2v) is 10.2. The third-order valence-electron chi connectivity index (χ3n) is 6.56. The first-order valence-electron chi connectivity index (χ1n) is 13.5. The second-order valence-electron chi connectivity index (χ2n) is 10.2. The Kier molecular flexibility index (Phi) is 10.9. The van der Waals surface area contributed by atoms with Crippen molar-refractivity contribution in [1.82, 2.24) is 5.16 Å². The molecule has 44 heavy (non-hydrogen) atoms. The lowest BCUT2D eigenvalue weighted by molar-refractivity contribution is -0.811. The molecule has 2 fully saturated rings. The predicted molar refractivity (Wildman–Crippen MR) is 135 cm³/mol. The number of hydrogen-bond donors (Lipinski definition) is 0. The molecule has 1 aromatic heterocycles. The lowest BCUT2D eigenvalue weighted by Gasteiger charge is -2.44. The van der Waals surface area contributed by atoms with Crippen LogP contribution in [0.3, 0.4) is 0 Å². The topological polar surface area (TPSA) is 229 Å². The zero-order chi connectivity index (χ0) is 33.0. The number of carbonyl (C=O) groups excluding carboxylic acids is 6. The van der Waals surface area contributed by atoms with E-state index in [0.717, 1.165) is 41.5 Å². The van der Waals surface area contributed by atoms with E-state index in [1.54, 1.807) is 0 Å². The van der Waals surface area contributed by atoms with Gasteiger partial charge in [0, 0.05) is 46.7 Å². The quantitative estimate of drug-likeness (QED) is 0.206. The Morgan fingerprint density at radius 3 is 1.27 bits per heavy atom. The van der Waals surface area contributed by atoms with Gasteiger partial charge in [-0.2, -0.15) is 0 Å². The Bertz CT molecular complexity index is 1280. The van der Waals surface area contributed by atoms with Crippen LogP contribution in [0.15, 0.2) is 4.63 Å². The SMILES string of the molecule is CC(=O)O[C@@H]1[C@H](OC(C)=O)[C@H](C)O[C@H](c2no[n+]([O-])c2[C@H]2O[C@@H](C)[C@@H](OC(C)=O)[C@@H](OC(C)=O)[C@@H]2OC(C)=O)[C@H]1OC(C)=O. The molecule has 2 aliphatic rings. The molecule has 3 rings (SSSR count). The summed E-state index contributed by atoms with van der Waals surface area (Å²) in [7, 11) is 0. The normalized spacial score (nSPS) is 31.6. The first-order chi connectivity index (χ1) is 20.5. The minimum atomic E-state index is -1.61. The molecule has 18 nitrogen and oxygen atoms in total. The van der Waals surface area contributed by atoms with Crippen molar-refractivity contribution >= 4 is 35.8 Å². The van der Waals surface area contributed by atoms with Crippen LogP contribution in [0.1, 0.15) is 79.0 Å². The van der Waals surface area contributed by atoms with Crippen molar-refractivity contribution in [1.29, 1.82) is 0 Å². The smallest absolute Gasteiger partial charge is 0.303 e. The van der Waals surface area contributed by atoms with Gasteiger partial charge in [0.15, 0.2) is 48.8 Å². The van der Waals surface area contributed by atoms with Gasteiger partial charge in [0.05, 0.1) is 12.2 Å². The van der Waals surface area contributed by atoms with E-state index in [-0.39, 0.29) is 10.6 Å². The monoisotopic (exact) mass is 630 g/mol. The minimum absolute atomic E-state index is 0.0853. The number of esters is 6. The summed E-state index contributed by atoms with van der Waals surface area (Å²) >= 11 is 0. The van der Waals surface area contributed by atoms with Gasteiger partial charge in [-0.25, -0.2) is 0 Å². The molecule has 18 heteroatoms. The molecular weight excluding hydrogens is 596 g/mol. The molecule has 0 aromatic carbocycles. The highest BCUT2D eigenvalue weighted by Gasteiger charge is 2.58. The number of ether oxygens (including phenoxy) is 8. The molecule has 0 saturated carbocycles. The lowest BCUT2D eigenvalue weighted by Crippen LogP contribution is -2.60. The van der Waals surface area contributed by atoms with Gasteiger partial charge in [0.25, 0.3) is 5.69 Å². The van der Waals surface area contributed by atoms with Gasteiger partial charge in [-0.1, -0.05) is 0 Å². The molecule has 0 aliphatic carbocycles. The van der Waals surface area contributed by atoms with Gasteiger partial charge in [-0.05, 0) is 18.8 Å². The molecule has 0 unspecified atom stereocenters. The summed E-state index contributed by atoms with van der Waals surface area (Å²) in [6.45, 7) is 9.37. The highest BCUT2D eigenvalue weighted by atomic mass is 16.8. The zero-order valence-electron chi connectivity index (χ0n) is 25.2. The van der Waals surface area contributed by atoms with E-state index < -0.39 is 103 Å². The van der Waals surface area contributed by atoms with Crippen LogP contribution in [-0.2, 0) is 66.7 Å². The summed E-state index contributed by atoms with van der Waals surface area (Å²) in [4.78, 5) is 72.2. The number of hydrogen-bond acceptors (Lipinski definition) is 17. The predicted octanol–water partition coefficient (Wildman–Crippen LogP) is -0.182. The van der Waals surface area contributed by atoms with Crippen molar-refractivity contribution < 1.29 is 76.2 Å². The van der Waals surface area contributed by atoms with Gasteiger partial charge in [-0.3, -0.25) is 33.4 Å². The Balaban J connectivity index is 2.19. The van der Waals surface area contributed by atoms with E-state index in [1.807, 2.05) is 0 Å². The fourth-order valence-electron chi connectivity index (χ4n) is 5.18. The summed E-state index contributed by atoms with van der Waals surface area (Å²) in [5.41, 5.74) is -0.818. The maximum Gasteiger partial charge on any atom is 0.303 e. The number of carbonyl (C=O) groups is 6. The molecule has 3 heterocycles. The largest absolute Gasteiger partial charge is 0.456 e. The van der Waals surface area contributed by atoms with E-state index >= 15 is 0 Å². The van der Waals surface area contributed by atoms with Crippen LogP contribution >= 0.6 is 0 Å². The van der Waals surface area contributed by atoms with E-state index in [9.17, 15) is 34.0 Å². The van der Waals surface area contributed by atoms with Crippen LogP contribution in [0.5, 0.6) is 0 Å². The average Bonchev–Trinajstić information content (AvgIpc) is 3.26. The van der Waals surface area contributed by atoms with Gasteiger partial charge < -0.3 is 43.1 Å². The number of aromatic nitrogens is 2. The Morgan fingerprint density at radius 2 is 0.886 bits per heavy atom. The number of nitrogens with zero attached hydrogens (tertiary/aromatic N) is 2. The summed E-state index contributed by atoms with van der Waals surface area (Å²) in [6.07, 6.45) is -13.9. The Labute approximate surface area is 250 Å². The molecule has 10 atom stereocenters. The Morgan fingerprint density at radius 1 is 0.568 bits per heavy atom. The molecule has 1 aromatic rings. The molecule has 0 amide bonds. The fraction of sp³-hybridized carbons (Fsp3) is 0.692. The summed E-state index contributed by atoms with van der Waals surface area (Å²) in [5, 5.41) is 16.9. The van der Waals surface area contributed by atoms with Crippen molar-refractivity contribution in [2.75, 3.05) is 0 Å². The minimum Gasteiger partial charge on any atom is -0.456 e. The number of rotatable bonds is 8. The first kappa shape index (κ1) is 34.2. The average molecular weight is 631 g/mol. The van der Waals surface area contributed by atoms with E-state index in [2.05, 4.69) is 5.16 Å². The molecule has 2 aliphatic heterocycles. The van der Waals surface area contributed by atoms with Crippen molar-refractivity contribution in [3.8, 4) is 0 Å². The molecule has 0 radical (unpaired) electrons. The van der Waals surface area contributed by atoms with Crippen molar-refractivity contribution in [2.24, 2.45) is 0 Å². The summed E-state index contributed by atoms with van der Waals surface area (Å²) < 4.78 is 49.2. The van der Waals surface area contributed by atoms with Crippen LogP contribution in [0.25, 0.3) is 0 Å². The van der Waals surface area contributed by atoms with E-state index in [0.29, 0.717) is 0 Å². The molecule has 0 bridgehead atoms. The van der Waals surface area contributed by atoms with Crippen LogP contribution < -0.4 is 4.90 Å². The van der Waals surface area contributed by atoms with Crippen molar-refractivity contribution in [2.45, 2.75) is 116 Å². The molecule has 244 valence electrons. The van der Waals surface area contributed by atoms with Crippen LogP contribution in [0, 0.1) is 5.21 Å². The van der Waals surface area contributed by atoms with Gasteiger partial charge in [-0.15, -0.1) is 0 Å². The zero-order valence-corrected chi connectivity index (χ0v) is 25.2. The van der Waals surface area contributed by atoms with Gasteiger partial charge in [0.1, 0.15) is 0 Å². The summed E-state index contributed by atoms with van der Waals surface area (Å²) in [5.74, 6) is -4.92. The van der Waals surface area contributed by atoms with Crippen LogP contribution in [-0.4, -0.2) is 89.8 Å². The van der Waals surface area contributed by atoms with Crippen molar-refractivity contribution in [3.05, 3.63) is 16.6 Å². The maximum atomic E-state index is 13.1. The van der Waals surface area contributed by atoms with Gasteiger partial charge in [0.2, 0.25) is 5.69 Å². The summed E-state index contributed by atoms with van der Waals surface area (Å²) in [6, 6.07) is 0. The first-order valence-corrected chi connectivity index (χ1v) is 13.5. The standard InChI is InChI=1S/C26H34N2O16/c1-9-19(38-11(3)29)23(40-13(5)31)25(42-15(7)33)21(36-9)17-18(28(35)44-27-17)22-26(43-16(8)34)24(41-14(6)32)20(10(2)37-22)39-12(4)30/h9-10,19-26H,1-8H3/t9-,10-,19+,20+,21+,22+,23+,24+,25+,26+/m0/s1. The third-order valence-corrected chi connectivity index (χ3v) is 6.56. The molecule has 0 N–H and O–H groups in total. The van der Waals surface area contributed by atoms with E-state index in [1.165, 1.54) is 13.8 Å². The maximum absolute atomic E-state index is 13.1. The fourth-order valence-corrected chi connectivity index (χ4v) is 5.18. The van der Waals surface area contributed by atoms with E-state index in [4.69, 9.17) is 42.5 Å². The van der Waals surface area contributed by atoms with Crippen molar-refractivity contribution in [3.63, 3.8) is 0 Å². The Hall–Kier alpha value is -4.32. The lowest BCUT2D eigenvalue weighted by atomic mass is 9.88. The van der Waals surface area contributed by atoms with Gasteiger partial charge >= 0.3 is 35.8 Å². The third kappa shape index (κ3) is 7.79.